The van der Waals surface area contributed by atoms with Gasteiger partial charge in [0.1, 0.15) is 0 Å². The summed E-state index contributed by atoms with van der Waals surface area (Å²) in [6.07, 6.45) is 7.77. The van der Waals surface area contributed by atoms with Crippen LogP contribution in [0.3, 0.4) is 0 Å². The first-order valence-corrected chi connectivity index (χ1v) is 8.24. The highest BCUT2D eigenvalue weighted by Crippen LogP contribution is 2.08. The molecule has 1 aliphatic heterocycles. The Labute approximate surface area is 161 Å². The van der Waals surface area contributed by atoms with Gasteiger partial charge in [0.25, 0.3) is 0 Å². The molecule has 0 aromatic carbocycles. The van der Waals surface area contributed by atoms with Crippen LogP contribution in [-0.2, 0) is 38.1 Å². The van der Waals surface area contributed by atoms with E-state index in [4.69, 9.17) is 9.47 Å². The van der Waals surface area contributed by atoms with Crippen LogP contribution in [0, 0.1) is 5.92 Å². The predicted molar refractivity (Wildman–Crippen MR) is 94.5 cm³/mol. The minimum Gasteiger partial charge on any atom is -0.466 e. The summed E-state index contributed by atoms with van der Waals surface area (Å²) in [6.45, 7) is 0.464. The lowest BCUT2D eigenvalue weighted by Gasteiger charge is -2.20. The summed E-state index contributed by atoms with van der Waals surface area (Å²) in [5.41, 5.74) is 5.63. The molecule has 0 aliphatic carbocycles. The number of methoxy groups -OCH3 is 2. The average Bonchev–Trinajstić information content (AvgIpc) is 3.22. The summed E-state index contributed by atoms with van der Waals surface area (Å²) < 4.78 is 18.9. The largest absolute Gasteiger partial charge is 0.466 e. The van der Waals surface area contributed by atoms with Crippen molar-refractivity contribution in [2.75, 3.05) is 34.0 Å². The molecule has 28 heavy (non-hydrogen) atoms. The van der Waals surface area contributed by atoms with E-state index < -0.39 is 23.9 Å². The minimum absolute atomic E-state index is 0.0384. The maximum absolute atomic E-state index is 11.6. The van der Waals surface area contributed by atoms with Crippen molar-refractivity contribution in [1.29, 1.82) is 0 Å². The predicted octanol–water partition coefficient (Wildman–Crippen LogP) is -0.666. The zero-order valence-corrected chi connectivity index (χ0v) is 15.6. The van der Waals surface area contributed by atoms with Crippen molar-refractivity contribution >= 4 is 23.9 Å². The Kier molecular flexibility index (Phi) is 10.5. The molecule has 0 bridgehead atoms. The van der Waals surface area contributed by atoms with E-state index in [1.807, 2.05) is 0 Å². The zero-order chi connectivity index (χ0) is 20.8. The van der Waals surface area contributed by atoms with E-state index in [1.165, 1.54) is 14.2 Å². The second-order valence-corrected chi connectivity index (χ2v) is 5.39. The number of hydrazine groups is 2. The third kappa shape index (κ3) is 9.97. The van der Waals surface area contributed by atoms with Gasteiger partial charge in [0.05, 0.1) is 27.4 Å². The van der Waals surface area contributed by atoms with E-state index in [0.29, 0.717) is 13.0 Å². The van der Waals surface area contributed by atoms with Crippen LogP contribution in [0.5, 0.6) is 0 Å². The van der Waals surface area contributed by atoms with Crippen molar-refractivity contribution in [2.24, 2.45) is 5.92 Å². The van der Waals surface area contributed by atoms with Gasteiger partial charge >= 0.3 is 23.9 Å². The molecule has 0 spiro atoms. The Hall–Kier alpha value is -3.34. The Bertz CT molecular complexity index is 602. The van der Waals surface area contributed by atoms with E-state index >= 15 is 0 Å². The van der Waals surface area contributed by atoms with Crippen molar-refractivity contribution in [3.63, 3.8) is 0 Å². The van der Waals surface area contributed by atoms with Crippen LogP contribution in [0.15, 0.2) is 36.7 Å². The number of nitrogens with zero attached hydrogens (tertiary/aromatic N) is 1. The van der Waals surface area contributed by atoms with E-state index in [9.17, 15) is 19.2 Å². The van der Waals surface area contributed by atoms with E-state index in [0.717, 1.165) is 24.3 Å². The highest BCUT2D eigenvalue weighted by molar-refractivity contribution is 5.92. The number of esters is 4. The molecular weight excluding hydrogens is 374 g/mol. The maximum Gasteiger partial charge on any atom is 0.331 e. The fourth-order valence-corrected chi connectivity index (χ4v) is 1.86. The first-order chi connectivity index (χ1) is 13.4. The number of carbonyl (C=O) groups is 4. The van der Waals surface area contributed by atoms with Gasteiger partial charge in [0.2, 0.25) is 0 Å². The van der Waals surface area contributed by atoms with Gasteiger partial charge in [0.15, 0.2) is 0 Å². The van der Waals surface area contributed by atoms with Gasteiger partial charge in [0, 0.05) is 49.2 Å². The van der Waals surface area contributed by atoms with Crippen molar-refractivity contribution < 1.29 is 38.1 Å². The van der Waals surface area contributed by atoms with Crippen LogP contribution in [0.25, 0.3) is 0 Å². The third-order valence-electron chi connectivity index (χ3n) is 3.36. The third-order valence-corrected chi connectivity index (χ3v) is 3.36. The van der Waals surface area contributed by atoms with Gasteiger partial charge in [-0.1, -0.05) is 0 Å². The summed E-state index contributed by atoms with van der Waals surface area (Å²) in [4.78, 5) is 45.2. The molecule has 1 aliphatic rings. The molecule has 154 valence electrons. The summed E-state index contributed by atoms with van der Waals surface area (Å²) in [5, 5.41) is 1.75. The van der Waals surface area contributed by atoms with Crippen molar-refractivity contribution in [3.8, 4) is 0 Å². The normalized spacial score (nSPS) is 13.0. The van der Waals surface area contributed by atoms with Gasteiger partial charge < -0.3 is 24.4 Å². The Balaban J connectivity index is 2.51. The molecule has 0 saturated carbocycles. The Morgan fingerprint density at radius 2 is 1.39 bits per heavy atom. The smallest absolute Gasteiger partial charge is 0.331 e. The number of ether oxygens (including phenoxy) is 4. The van der Waals surface area contributed by atoms with Crippen LogP contribution in [0.2, 0.25) is 0 Å². The van der Waals surface area contributed by atoms with E-state index in [-0.39, 0.29) is 19.1 Å². The topological polar surface area (TPSA) is 132 Å². The first-order valence-electron chi connectivity index (χ1n) is 8.24. The van der Waals surface area contributed by atoms with Crippen molar-refractivity contribution in [3.05, 3.63) is 36.7 Å². The van der Waals surface area contributed by atoms with Crippen LogP contribution in [0.1, 0.15) is 6.42 Å². The zero-order valence-electron chi connectivity index (χ0n) is 15.6. The van der Waals surface area contributed by atoms with Gasteiger partial charge in [-0.15, -0.1) is 5.53 Å². The van der Waals surface area contributed by atoms with Gasteiger partial charge in [-0.05, 0) is 6.42 Å². The standard InChI is InChI=1S/C17H23N3O8/c1-25-14(21)3-5-16(23)27-11-13(7-9-20-10-8-18-19-20)12-28-17(24)6-4-15(22)26-2/h3-6,8,10,13,18-19H,7,9,11-12H2,1-2H3/b5-3+,6-4+. The summed E-state index contributed by atoms with van der Waals surface area (Å²) in [6, 6.07) is 0. The Morgan fingerprint density at radius 3 is 1.82 bits per heavy atom. The molecule has 0 amide bonds. The van der Waals surface area contributed by atoms with Crippen LogP contribution < -0.4 is 11.0 Å². The minimum atomic E-state index is -0.729. The van der Waals surface area contributed by atoms with Crippen LogP contribution >= 0.6 is 0 Å². The van der Waals surface area contributed by atoms with Crippen molar-refractivity contribution in [2.45, 2.75) is 6.42 Å². The second kappa shape index (κ2) is 12.9. The molecule has 0 atom stereocenters. The molecule has 11 heteroatoms. The highest BCUT2D eigenvalue weighted by atomic mass is 16.5. The quantitative estimate of drug-likeness (QED) is 0.261. The molecule has 0 unspecified atom stereocenters. The molecular formula is C17H23N3O8. The molecule has 0 radical (unpaired) electrons. The highest BCUT2D eigenvalue weighted by Gasteiger charge is 2.16. The fourth-order valence-electron chi connectivity index (χ4n) is 1.86. The van der Waals surface area contributed by atoms with Gasteiger partial charge in [-0.3, -0.25) is 5.01 Å². The lowest BCUT2D eigenvalue weighted by Crippen LogP contribution is -2.37. The SMILES string of the molecule is COC(=O)/C=C/C(=O)OCC(CCN1C=CNN1)COC(=O)/C=C/C(=O)OC. The first kappa shape index (κ1) is 22.7. The number of carbonyl (C=O) groups excluding carboxylic acids is 4. The molecule has 0 aromatic rings. The van der Waals surface area contributed by atoms with Gasteiger partial charge in [-0.2, -0.15) is 0 Å². The lowest BCUT2D eigenvalue weighted by atomic mass is 10.1. The molecule has 11 nitrogen and oxygen atoms in total. The number of nitrogens with one attached hydrogen (secondary N) is 2. The molecule has 0 saturated heterocycles. The molecule has 1 rings (SSSR count). The molecule has 2 N–H and O–H groups in total. The van der Waals surface area contributed by atoms with E-state index in [2.05, 4.69) is 20.4 Å². The van der Waals surface area contributed by atoms with Crippen LogP contribution in [-0.4, -0.2) is 62.9 Å². The number of rotatable bonds is 11. The lowest BCUT2D eigenvalue weighted by molar-refractivity contribution is -0.144. The summed E-state index contributed by atoms with van der Waals surface area (Å²) in [5.74, 6) is -3.14. The Morgan fingerprint density at radius 1 is 0.893 bits per heavy atom. The second-order valence-electron chi connectivity index (χ2n) is 5.39. The maximum atomic E-state index is 11.6. The number of hydrogen-bond donors (Lipinski definition) is 2. The van der Waals surface area contributed by atoms with Crippen LogP contribution in [0.4, 0.5) is 0 Å². The summed E-state index contributed by atoms with van der Waals surface area (Å²) in [7, 11) is 2.37. The summed E-state index contributed by atoms with van der Waals surface area (Å²) >= 11 is 0. The molecule has 1 heterocycles. The molecule has 0 aromatic heterocycles. The van der Waals surface area contributed by atoms with E-state index in [1.54, 1.807) is 17.4 Å². The fraction of sp³-hybridized carbons (Fsp3) is 0.412. The number of hydrogen-bond acceptors (Lipinski definition) is 11. The monoisotopic (exact) mass is 397 g/mol. The van der Waals surface area contributed by atoms with Gasteiger partial charge in [-0.25, -0.2) is 19.2 Å². The molecule has 0 fully saturated rings. The average molecular weight is 397 g/mol. The van der Waals surface area contributed by atoms with Crippen molar-refractivity contribution in [1.82, 2.24) is 16.0 Å².